The summed E-state index contributed by atoms with van der Waals surface area (Å²) in [5, 5.41) is 0. The minimum Gasteiger partial charge on any atom is -0.316 e. The lowest BCUT2D eigenvalue weighted by Crippen LogP contribution is -2.29. The molecule has 0 fully saturated rings. The first-order valence-corrected chi connectivity index (χ1v) is 4.98. The SMILES string of the molecule is Cc1cc(I)ccc1[C@@H](N)C(F)(F)F. The van der Waals surface area contributed by atoms with Crippen LogP contribution in [0.2, 0.25) is 0 Å². The Morgan fingerprint density at radius 3 is 2.36 bits per heavy atom. The van der Waals surface area contributed by atoms with E-state index in [9.17, 15) is 13.2 Å². The maximum absolute atomic E-state index is 12.3. The van der Waals surface area contributed by atoms with Gasteiger partial charge in [-0.15, -0.1) is 0 Å². The molecule has 78 valence electrons. The van der Waals surface area contributed by atoms with Gasteiger partial charge in [-0.3, -0.25) is 0 Å². The fraction of sp³-hybridized carbons (Fsp3) is 0.333. The van der Waals surface area contributed by atoms with E-state index in [1.54, 1.807) is 19.1 Å². The molecule has 0 spiro atoms. The number of alkyl halides is 3. The third-order valence-electron chi connectivity index (χ3n) is 1.92. The highest BCUT2D eigenvalue weighted by atomic mass is 127. The minimum atomic E-state index is -4.38. The Morgan fingerprint density at radius 1 is 1.36 bits per heavy atom. The molecule has 1 atom stereocenters. The van der Waals surface area contributed by atoms with Gasteiger partial charge >= 0.3 is 6.18 Å². The summed E-state index contributed by atoms with van der Waals surface area (Å²) in [6.07, 6.45) is -4.38. The van der Waals surface area contributed by atoms with E-state index in [2.05, 4.69) is 0 Å². The van der Waals surface area contributed by atoms with Gasteiger partial charge < -0.3 is 5.73 Å². The Balaban J connectivity index is 3.08. The Hall–Kier alpha value is -0.300. The van der Waals surface area contributed by atoms with Gasteiger partial charge in [-0.05, 0) is 52.8 Å². The monoisotopic (exact) mass is 315 g/mol. The van der Waals surface area contributed by atoms with Crippen LogP contribution in [0.4, 0.5) is 13.2 Å². The topological polar surface area (TPSA) is 26.0 Å². The predicted octanol–water partition coefficient (Wildman–Crippen LogP) is 3.16. The molecule has 0 amide bonds. The Morgan fingerprint density at radius 2 is 1.93 bits per heavy atom. The molecule has 0 aliphatic heterocycles. The van der Waals surface area contributed by atoms with E-state index < -0.39 is 12.2 Å². The van der Waals surface area contributed by atoms with E-state index in [0.717, 1.165) is 3.57 Å². The van der Waals surface area contributed by atoms with Crippen LogP contribution >= 0.6 is 22.6 Å². The zero-order valence-electron chi connectivity index (χ0n) is 7.40. The van der Waals surface area contributed by atoms with Crippen LogP contribution in [0, 0.1) is 10.5 Å². The third-order valence-corrected chi connectivity index (χ3v) is 2.59. The molecule has 0 unspecified atom stereocenters. The quantitative estimate of drug-likeness (QED) is 0.792. The Bertz CT molecular complexity index is 335. The van der Waals surface area contributed by atoms with Gasteiger partial charge in [-0.25, -0.2) is 0 Å². The second-order valence-electron chi connectivity index (χ2n) is 3.02. The van der Waals surface area contributed by atoms with Crippen molar-refractivity contribution in [2.45, 2.75) is 19.1 Å². The average molecular weight is 315 g/mol. The van der Waals surface area contributed by atoms with E-state index in [-0.39, 0.29) is 5.56 Å². The highest BCUT2D eigenvalue weighted by molar-refractivity contribution is 14.1. The zero-order valence-corrected chi connectivity index (χ0v) is 9.56. The molecule has 0 heterocycles. The summed E-state index contributed by atoms with van der Waals surface area (Å²) in [6.45, 7) is 1.63. The number of benzene rings is 1. The molecule has 0 aromatic heterocycles. The standard InChI is InChI=1S/C9H9F3IN/c1-5-4-6(13)2-3-7(5)8(14)9(10,11)12/h2-4,8H,14H2,1H3/t8-/m1/s1. The van der Waals surface area contributed by atoms with Crippen molar-refractivity contribution < 1.29 is 13.2 Å². The van der Waals surface area contributed by atoms with Crippen LogP contribution in [0.3, 0.4) is 0 Å². The minimum absolute atomic E-state index is 0.137. The number of rotatable bonds is 1. The largest absolute Gasteiger partial charge is 0.407 e. The lowest BCUT2D eigenvalue weighted by Gasteiger charge is -2.17. The molecule has 0 saturated carbocycles. The van der Waals surface area contributed by atoms with E-state index in [0.29, 0.717) is 5.56 Å². The molecule has 1 rings (SSSR count). The molecule has 1 aromatic rings. The van der Waals surface area contributed by atoms with E-state index in [1.165, 1.54) is 6.07 Å². The van der Waals surface area contributed by atoms with E-state index in [1.807, 2.05) is 22.6 Å². The molecule has 0 bridgehead atoms. The van der Waals surface area contributed by atoms with Crippen LogP contribution in [0.5, 0.6) is 0 Å². The van der Waals surface area contributed by atoms with Crippen molar-refractivity contribution in [3.8, 4) is 0 Å². The summed E-state index contributed by atoms with van der Waals surface area (Å²) in [6, 6.07) is 2.84. The number of nitrogens with two attached hydrogens (primary N) is 1. The van der Waals surface area contributed by atoms with E-state index in [4.69, 9.17) is 5.73 Å². The van der Waals surface area contributed by atoms with Gasteiger partial charge in [0.05, 0.1) is 0 Å². The molecule has 0 aliphatic carbocycles. The second-order valence-corrected chi connectivity index (χ2v) is 4.27. The van der Waals surface area contributed by atoms with Crippen LogP contribution in [0.15, 0.2) is 18.2 Å². The van der Waals surface area contributed by atoms with Crippen molar-refractivity contribution >= 4 is 22.6 Å². The van der Waals surface area contributed by atoms with Gasteiger partial charge in [0.1, 0.15) is 6.04 Å². The molecular formula is C9H9F3IN. The lowest BCUT2D eigenvalue weighted by atomic mass is 10.0. The summed E-state index contributed by atoms with van der Waals surface area (Å²) >= 11 is 2.04. The highest BCUT2D eigenvalue weighted by Gasteiger charge is 2.38. The predicted molar refractivity (Wildman–Crippen MR) is 56.9 cm³/mol. The average Bonchev–Trinajstić information content (AvgIpc) is 2.01. The zero-order chi connectivity index (χ0) is 10.9. The van der Waals surface area contributed by atoms with Gasteiger partial charge in [0.2, 0.25) is 0 Å². The molecule has 0 saturated heterocycles. The fourth-order valence-corrected chi connectivity index (χ4v) is 1.81. The van der Waals surface area contributed by atoms with Gasteiger partial charge in [0.25, 0.3) is 0 Å². The van der Waals surface area contributed by atoms with Crippen molar-refractivity contribution in [1.82, 2.24) is 0 Å². The Kier molecular flexibility index (Phi) is 3.41. The van der Waals surface area contributed by atoms with Gasteiger partial charge in [-0.2, -0.15) is 13.2 Å². The fourth-order valence-electron chi connectivity index (χ4n) is 1.16. The summed E-state index contributed by atoms with van der Waals surface area (Å²) in [7, 11) is 0. The van der Waals surface area contributed by atoms with Crippen molar-refractivity contribution in [2.75, 3.05) is 0 Å². The van der Waals surface area contributed by atoms with Gasteiger partial charge in [0.15, 0.2) is 0 Å². The summed E-state index contributed by atoms with van der Waals surface area (Å²) in [5.74, 6) is 0. The lowest BCUT2D eigenvalue weighted by molar-refractivity contribution is -0.149. The molecule has 1 nitrogen and oxygen atoms in total. The maximum Gasteiger partial charge on any atom is 0.407 e. The molecule has 5 heteroatoms. The van der Waals surface area contributed by atoms with Crippen LogP contribution < -0.4 is 5.73 Å². The number of halogens is 4. The van der Waals surface area contributed by atoms with Crippen LogP contribution in [-0.4, -0.2) is 6.18 Å². The Labute approximate surface area is 93.6 Å². The molecule has 0 radical (unpaired) electrons. The van der Waals surface area contributed by atoms with Crippen LogP contribution in [0.25, 0.3) is 0 Å². The smallest absolute Gasteiger partial charge is 0.316 e. The number of hydrogen-bond acceptors (Lipinski definition) is 1. The van der Waals surface area contributed by atoms with Gasteiger partial charge in [0, 0.05) is 3.57 Å². The summed E-state index contributed by atoms with van der Waals surface area (Å²) < 4.78 is 37.8. The van der Waals surface area contributed by atoms with Crippen molar-refractivity contribution in [3.63, 3.8) is 0 Å². The first kappa shape index (κ1) is 11.8. The number of aryl methyl sites for hydroxylation is 1. The molecule has 2 N–H and O–H groups in total. The third kappa shape index (κ3) is 2.60. The van der Waals surface area contributed by atoms with Crippen molar-refractivity contribution in [2.24, 2.45) is 5.73 Å². The highest BCUT2D eigenvalue weighted by Crippen LogP contribution is 2.32. The summed E-state index contributed by atoms with van der Waals surface area (Å²) in [4.78, 5) is 0. The molecule has 0 aliphatic rings. The normalized spacial score (nSPS) is 14.1. The summed E-state index contributed by atoms with van der Waals surface area (Å²) in [5.41, 5.74) is 5.80. The molecule has 14 heavy (non-hydrogen) atoms. The van der Waals surface area contributed by atoms with Crippen molar-refractivity contribution in [3.05, 3.63) is 32.9 Å². The van der Waals surface area contributed by atoms with E-state index >= 15 is 0 Å². The van der Waals surface area contributed by atoms with Crippen LogP contribution in [-0.2, 0) is 0 Å². The maximum atomic E-state index is 12.3. The second kappa shape index (κ2) is 4.06. The number of hydrogen-bond donors (Lipinski definition) is 1. The van der Waals surface area contributed by atoms with Gasteiger partial charge in [-0.1, -0.05) is 6.07 Å². The first-order chi connectivity index (χ1) is 6.32. The first-order valence-electron chi connectivity index (χ1n) is 3.90. The van der Waals surface area contributed by atoms with Crippen molar-refractivity contribution in [1.29, 1.82) is 0 Å². The molecule has 1 aromatic carbocycles. The van der Waals surface area contributed by atoms with Crippen LogP contribution in [0.1, 0.15) is 17.2 Å². The molecular weight excluding hydrogens is 306 g/mol.